The molecule has 0 saturated heterocycles. The van der Waals surface area contributed by atoms with E-state index in [1.165, 1.54) is 24.0 Å². The number of fused-ring (bicyclic) bond motifs is 1. The van der Waals surface area contributed by atoms with Crippen LogP contribution in [0.1, 0.15) is 59.1 Å². The van der Waals surface area contributed by atoms with E-state index in [9.17, 15) is 0 Å². The van der Waals surface area contributed by atoms with Crippen LogP contribution in [0.3, 0.4) is 0 Å². The van der Waals surface area contributed by atoms with Crippen molar-refractivity contribution in [1.82, 2.24) is 0 Å². The normalized spacial score (nSPS) is 16.8. The lowest BCUT2D eigenvalue weighted by atomic mass is 9.67. The molecule has 18 heavy (non-hydrogen) atoms. The number of aryl methyl sites for hydroxylation is 1. The van der Waals surface area contributed by atoms with Crippen LogP contribution in [0.4, 0.5) is 0 Å². The van der Waals surface area contributed by atoms with Crippen LogP contribution in [0.2, 0.25) is 0 Å². The minimum absolute atomic E-state index is 0.221. The predicted molar refractivity (Wildman–Crippen MR) is 80.6 cm³/mol. The minimum Gasteiger partial charge on any atom is -0.0620 e. The molecule has 2 rings (SSSR count). The molecule has 0 aromatic heterocycles. The van der Waals surface area contributed by atoms with E-state index in [2.05, 4.69) is 65.8 Å². The van der Waals surface area contributed by atoms with Gasteiger partial charge in [-0.25, -0.2) is 0 Å². The van der Waals surface area contributed by atoms with Crippen LogP contribution in [0.5, 0.6) is 0 Å². The van der Waals surface area contributed by atoms with Crippen LogP contribution in [-0.2, 0) is 6.42 Å². The molecule has 0 amide bonds. The lowest BCUT2D eigenvalue weighted by molar-refractivity contribution is 0.459. The monoisotopic (exact) mass is 242 g/mol. The Bertz CT molecular complexity index is 475. The number of hydrogen-bond donors (Lipinski definition) is 0. The van der Waals surface area contributed by atoms with Crippen molar-refractivity contribution in [3.63, 3.8) is 0 Å². The molecule has 0 bridgehead atoms. The predicted octanol–water partition coefficient (Wildman–Crippen LogP) is 5.48. The Kier molecular flexibility index (Phi) is 3.17. The molecule has 0 atom stereocenters. The van der Waals surface area contributed by atoms with Crippen molar-refractivity contribution < 1.29 is 0 Å². The molecule has 0 unspecified atom stereocenters. The van der Waals surface area contributed by atoms with Gasteiger partial charge in [-0.05, 0) is 40.4 Å². The van der Waals surface area contributed by atoms with E-state index in [-0.39, 0.29) is 10.8 Å². The smallest absolute Gasteiger partial charge is 0.0126 e. The Morgan fingerprint density at radius 1 is 0.778 bits per heavy atom. The van der Waals surface area contributed by atoms with Crippen LogP contribution in [0.25, 0.3) is 5.57 Å². The molecule has 0 N–H and O–H groups in total. The first-order valence-corrected chi connectivity index (χ1v) is 7.03. The van der Waals surface area contributed by atoms with E-state index in [0.29, 0.717) is 0 Å². The van der Waals surface area contributed by atoms with Gasteiger partial charge in [0.1, 0.15) is 0 Å². The maximum Gasteiger partial charge on any atom is -0.0126 e. The van der Waals surface area contributed by atoms with Gasteiger partial charge in [-0.2, -0.15) is 0 Å². The highest BCUT2D eigenvalue weighted by molar-refractivity contribution is 5.77. The molecule has 0 aliphatic heterocycles. The number of benzene rings is 1. The summed E-state index contributed by atoms with van der Waals surface area (Å²) in [5.74, 6) is 0. The van der Waals surface area contributed by atoms with Gasteiger partial charge in [0.25, 0.3) is 0 Å². The largest absolute Gasteiger partial charge is 0.0620 e. The quantitative estimate of drug-likeness (QED) is 0.565. The molecular weight excluding hydrogens is 216 g/mol. The second kappa shape index (κ2) is 4.26. The summed E-state index contributed by atoms with van der Waals surface area (Å²) >= 11 is 0. The first-order chi connectivity index (χ1) is 8.21. The second-order valence-electron chi connectivity index (χ2n) is 7.51. The van der Waals surface area contributed by atoms with Gasteiger partial charge in [0.2, 0.25) is 0 Å². The average molecular weight is 242 g/mol. The van der Waals surface area contributed by atoms with Crippen molar-refractivity contribution in [3.05, 3.63) is 41.0 Å². The third kappa shape index (κ3) is 2.39. The highest BCUT2D eigenvalue weighted by atomic mass is 14.4. The maximum absolute atomic E-state index is 2.35. The molecular formula is C18H26. The average Bonchev–Trinajstić information content (AvgIpc) is 2.24. The summed E-state index contributed by atoms with van der Waals surface area (Å²) < 4.78 is 0. The third-order valence-electron chi connectivity index (χ3n) is 3.89. The SMILES string of the molecule is CC(C)(C)C1=C(C(C)(C)C)c2ccccc2CC1. The van der Waals surface area contributed by atoms with Gasteiger partial charge in [0.05, 0.1) is 0 Å². The van der Waals surface area contributed by atoms with Crippen molar-refractivity contribution in [2.75, 3.05) is 0 Å². The summed E-state index contributed by atoms with van der Waals surface area (Å²) in [6.07, 6.45) is 2.41. The van der Waals surface area contributed by atoms with Crippen LogP contribution in [0.15, 0.2) is 29.8 Å². The highest BCUT2D eigenvalue weighted by Gasteiger charge is 2.32. The van der Waals surface area contributed by atoms with Gasteiger partial charge in [-0.3, -0.25) is 0 Å². The summed E-state index contributed by atoms with van der Waals surface area (Å²) in [5, 5.41) is 0. The Labute approximate surface area is 112 Å². The molecule has 0 nitrogen and oxygen atoms in total. The van der Waals surface area contributed by atoms with Gasteiger partial charge in [0, 0.05) is 0 Å². The molecule has 0 radical (unpaired) electrons. The maximum atomic E-state index is 2.35. The first kappa shape index (κ1) is 13.4. The van der Waals surface area contributed by atoms with Crippen LogP contribution >= 0.6 is 0 Å². The number of allylic oxidation sites excluding steroid dienone is 2. The fourth-order valence-corrected chi connectivity index (χ4v) is 3.14. The molecule has 1 aliphatic carbocycles. The molecule has 1 aromatic rings. The van der Waals surface area contributed by atoms with Crippen molar-refractivity contribution in [1.29, 1.82) is 0 Å². The summed E-state index contributed by atoms with van der Waals surface area (Å²) in [4.78, 5) is 0. The Hall–Kier alpha value is -1.04. The van der Waals surface area contributed by atoms with E-state index >= 15 is 0 Å². The molecule has 0 spiro atoms. The molecule has 0 fully saturated rings. The van der Waals surface area contributed by atoms with Gasteiger partial charge in [-0.15, -0.1) is 0 Å². The zero-order chi connectivity index (χ0) is 13.6. The van der Waals surface area contributed by atoms with Crippen LogP contribution in [0, 0.1) is 10.8 Å². The lowest BCUT2D eigenvalue weighted by Gasteiger charge is -2.37. The van der Waals surface area contributed by atoms with Gasteiger partial charge in [-0.1, -0.05) is 71.4 Å². The summed E-state index contributed by atoms with van der Waals surface area (Å²) in [7, 11) is 0. The van der Waals surface area contributed by atoms with Crippen molar-refractivity contribution >= 4 is 5.57 Å². The molecule has 98 valence electrons. The van der Waals surface area contributed by atoms with Gasteiger partial charge in [0.15, 0.2) is 0 Å². The second-order valence-corrected chi connectivity index (χ2v) is 7.51. The topological polar surface area (TPSA) is 0 Å². The standard InChI is InChI=1S/C18H26/c1-17(2,3)15-12-11-13-9-7-8-10-14(13)16(15)18(4,5)6/h7-10H,11-12H2,1-6H3. The molecule has 0 saturated carbocycles. The molecule has 1 aromatic carbocycles. The van der Waals surface area contributed by atoms with Gasteiger partial charge >= 0.3 is 0 Å². The lowest BCUT2D eigenvalue weighted by Crippen LogP contribution is -2.23. The first-order valence-electron chi connectivity index (χ1n) is 7.03. The van der Waals surface area contributed by atoms with E-state index < -0.39 is 0 Å². The fourth-order valence-electron chi connectivity index (χ4n) is 3.14. The third-order valence-corrected chi connectivity index (χ3v) is 3.89. The van der Waals surface area contributed by atoms with Crippen molar-refractivity contribution in [3.8, 4) is 0 Å². The van der Waals surface area contributed by atoms with Crippen molar-refractivity contribution in [2.24, 2.45) is 10.8 Å². The van der Waals surface area contributed by atoms with Crippen molar-refractivity contribution in [2.45, 2.75) is 54.4 Å². The molecule has 0 heterocycles. The Balaban J connectivity index is 2.70. The Morgan fingerprint density at radius 3 is 1.94 bits per heavy atom. The Morgan fingerprint density at radius 2 is 1.39 bits per heavy atom. The van der Waals surface area contributed by atoms with E-state index in [1.54, 1.807) is 11.1 Å². The minimum atomic E-state index is 0.221. The molecule has 1 aliphatic rings. The summed E-state index contributed by atoms with van der Waals surface area (Å²) in [6, 6.07) is 8.94. The zero-order valence-corrected chi connectivity index (χ0v) is 12.7. The number of rotatable bonds is 0. The van der Waals surface area contributed by atoms with E-state index in [1.807, 2.05) is 0 Å². The highest BCUT2D eigenvalue weighted by Crippen LogP contribution is 2.47. The molecule has 0 heteroatoms. The zero-order valence-electron chi connectivity index (χ0n) is 12.7. The van der Waals surface area contributed by atoms with Gasteiger partial charge < -0.3 is 0 Å². The number of hydrogen-bond acceptors (Lipinski definition) is 0. The summed E-state index contributed by atoms with van der Waals surface area (Å²) in [5.41, 5.74) is 6.73. The summed E-state index contributed by atoms with van der Waals surface area (Å²) in [6.45, 7) is 14.1. The fraction of sp³-hybridized carbons (Fsp3) is 0.556. The van der Waals surface area contributed by atoms with Crippen LogP contribution < -0.4 is 0 Å². The van der Waals surface area contributed by atoms with Crippen LogP contribution in [-0.4, -0.2) is 0 Å². The van der Waals surface area contributed by atoms with E-state index in [4.69, 9.17) is 0 Å². The van der Waals surface area contributed by atoms with E-state index in [0.717, 1.165) is 0 Å².